The molecule has 0 atom stereocenters. The van der Waals surface area contributed by atoms with Gasteiger partial charge in [-0.05, 0) is 43.9 Å². The van der Waals surface area contributed by atoms with E-state index in [1.165, 1.54) is 27.4 Å². The molecule has 1 aromatic rings. The minimum atomic E-state index is -3.73. The average molecular weight is 509 g/mol. The first kappa shape index (κ1) is 25.2. The summed E-state index contributed by atoms with van der Waals surface area (Å²) >= 11 is 0. The molecule has 1 aromatic carbocycles. The number of carbonyl (C=O) groups is 3. The number of rotatable bonds is 5. The zero-order chi connectivity index (χ0) is 25.2. The molecule has 3 amide bonds. The Balaban J connectivity index is 1.48. The van der Waals surface area contributed by atoms with Gasteiger partial charge in [0.1, 0.15) is 12.3 Å². The van der Waals surface area contributed by atoms with Crippen LogP contribution in [0.25, 0.3) is 0 Å². The van der Waals surface area contributed by atoms with Gasteiger partial charge in [0, 0.05) is 39.3 Å². The molecular weight excluding hydrogens is 476 g/mol. The van der Waals surface area contributed by atoms with Crippen LogP contribution in [0.4, 0.5) is 10.5 Å². The smallest absolute Gasteiger partial charge is 0.409 e. The molecule has 2 saturated heterocycles. The minimum Gasteiger partial charge on any atom is -0.482 e. The summed E-state index contributed by atoms with van der Waals surface area (Å²) < 4.78 is 38.4. The molecule has 0 unspecified atom stereocenters. The molecule has 4 rings (SSSR count). The molecule has 192 valence electrons. The maximum atomic E-state index is 13.2. The van der Waals surface area contributed by atoms with Crippen LogP contribution in [0.5, 0.6) is 5.75 Å². The van der Waals surface area contributed by atoms with Crippen LogP contribution in [0.3, 0.4) is 0 Å². The van der Waals surface area contributed by atoms with Gasteiger partial charge < -0.3 is 19.3 Å². The summed E-state index contributed by atoms with van der Waals surface area (Å²) in [5.74, 6) is 0.137. The number of anilines is 1. The van der Waals surface area contributed by atoms with Crippen molar-refractivity contribution in [2.45, 2.75) is 31.6 Å². The minimum absolute atomic E-state index is 0.0737. The van der Waals surface area contributed by atoms with Crippen LogP contribution in [0.1, 0.15) is 26.7 Å². The van der Waals surface area contributed by atoms with Crippen molar-refractivity contribution in [2.75, 3.05) is 63.9 Å². The second-order valence-electron chi connectivity index (χ2n) is 9.05. The first-order chi connectivity index (χ1) is 16.7. The molecule has 0 aliphatic carbocycles. The van der Waals surface area contributed by atoms with Crippen LogP contribution < -0.4 is 9.64 Å². The van der Waals surface area contributed by atoms with Crippen molar-refractivity contribution in [2.24, 2.45) is 5.92 Å². The monoisotopic (exact) mass is 508 g/mol. The number of hydrogen-bond donors (Lipinski definition) is 0. The topological polar surface area (TPSA) is 117 Å². The Bertz CT molecular complexity index is 1080. The van der Waals surface area contributed by atoms with E-state index >= 15 is 0 Å². The fraction of sp³-hybridized carbons (Fsp3) is 0.609. The molecule has 0 saturated carbocycles. The third-order valence-electron chi connectivity index (χ3n) is 6.71. The number of benzene rings is 1. The number of sulfonamides is 1. The van der Waals surface area contributed by atoms with Gasteiger partial charge in [0.15, 0.2) is 6.61 Å². The molecular formula is C23H32N4O7S. The Labute approximate surface area is 205 Å². The molecule has 0 bridgehead atoms. The highest BCUT2D eigenvalue weighted by atomic mass is 32.2. The van der Waals surface area contributed by atoms with Gasteiger partial charge in [-0.1, -0.05) is 6.92 Å². The number of piperidine rings is 1. The lowest BCUT2D eigenvalue weighted by molar-refractivity contribution is -0.133. The van der Waals surface area contributed by atoms with Gasteiger partial charge >= 0.3 is 6.09 Å². The average Bonchev–Trinajstić information content (AvgIpc) is 2.86. The predicted octanol–water partition coefficient (Wildman–Crippen LogP) is 1.13. The van der Waals surface area contributed by atoms with E-state index < -0.39 is 22.0 Å². The molecule has 0 N–H and O–H groups in total. The third kappa shape index (κ3) is 5.37. The zero-order valence-corrected chi connectivity index (χ0v) is 21.0. The molecule has 35 heavy (non-hydrogen) atoms. The molecule has 3 aliphatic rings. The van der Waals surface area contributed by atoms with Crippen molar-refractivity contribution in [1.29, 1.82) is 0 Å². The summed E-state index contributed by atoms with van der Waals surface area (Å²) in [5, 5.41) is 0. The summed E-state index contributed by atoms with van der Waals surface area (Å²) in [6.45, 7) is 5.90. The Kier molecular flexibility index (Phi) is 7.50. The third-order valence-corrected chi connectivity index (χ3v) is 8.60. The van der Waals surface area contributed by atoms with E-state index in [1.807, 2.05) is 0 Å². The van der Waals surface area contributed by atoms with Gasteiger partial charge in [-0.15, -0.1) is 0 Å². The Morgan fingerprint density at radius 2 is 1.71 bits per heavy atom. The summed E-state index contributed by atoms with van der Waals surface area (Å²) in [7, 11) is -3.73. The van der Waals surface area contributed by atoms with Crippen LogP contribution in [0.15, 0.2) is 23.1 Å². The standard InChI is InChI=1S/C23H32N4O7S/c1-3-33-23(30)25-12-10-24(11-13-25)21(28)15-27-19-14-18(4-5-20(19)34-16-22(27)29)35(31,32)26-8-6-17(2)7-9-26/h4-5,14,17H,3,6-13,15-16H2,1-2H3. The van der Waals surface area contributed by atoms with Crippen molar-refractivity contribution in [3.05, 3.63) is 18.2 Å². The Morgan fingerprint density at radius 1 is 1.06 bits per heavy atom. The summed E-state index contributed by atoms with van der Waals surface area (Å²) in [6, 6.07) is 4.44. The van der Waals surface area contributed by atoms with Crippen LogP contribution in [-0.4, -0.2) is 99.5 Å². The van der Waals surface area contributed by atoms with Crippen molar-refractivity contribution >= 4 is 33.6 Å². The number of hydrogen-bond acceptors (Lipinski definition) is 7. The second-order valence-corrected chi connectivity index (χ2v) is 11.0. The van der Waals surface area contributed by atoms with Crippen LogP contribution in [0.2, 0.25) is 0 Å². The van der Waals surface area contributed by atoms with E-state index in [-0.39, 0.29) is 36.2 Å². The van der Waals surface area contributed by atoms with Crippen LogP contribution in [0, 0.1) is 5.92 Å². The molecule has 12 heteroatoms. The van der Waals surface area contributed by atoms with Gasteiger partial charge in [-0.2, -0.15) is 4.31 Å². The molecule has 11 nitrogen and oxygen atoms in total. The predicted molar refractivity (Wildman–Crippen MR) is 127 cm³/mol. The largest absolute Gasteiger partial charge is 0.482 e. The van der Waals surface area contributed by atoms with Crippen molar-refractivity contribution in [3.8, 4) is 5.75 Å². The summed E-state index contributed by atoms with van der Waals surface area (Å²) in [6.07, 6.45) is 1.19. The summed E-state index contributed by atoms with van der Waals surface area (Å²) in [4.78, 5) is 42.1. The fourth-order valence-corrected chi connectivity index (χ4v) is 5.97. The quantitative estimate of drug-likeness (QED) is 0.585. The highest BCUT2D eigenvalue weighted by Crippen LogP contribution is 2.35. The number of piperazine rings is 1. The maximum Gasteiger partial charge on any atom is 0.409 e. The van der Waals surface area contributed by atoms with E-state index in [2.05, 4.69) is 6.92 Å². The second kappa shape index (κ2) is 10.4. The van der Waals surface area contributed by atoms with Crippen LogP contribution >= 0.6 is 0 Å². The van der Waals surface area contributed by atoms with Gasteiger partial charge in [-0.25, -0.2) is 13.2 Å². The van der Waals surface area contributed by atoms with E-state index in [0.717, 1.165) is 12.8 Å². The van der Waals surface area contributed by atoms with E-state index in [4.69, 9.17) is 9.47 Å². The lowest BCUT2D eigenvalue weighted by Crippen LogP contribution is -2.54. The van der Waals surface area contributed by atoms with Gasteiger partial charge in [-0.3, -0.25) is 14.5 Å². The number of nitrogens with zero attached hydrogens (tertiary/aromatic N) is 4. The van der Waals surface area contributed by atoms with Gasteiger partial charge in [0.2, 0.25) is 15.9 Å². The molecule has 2 fully saturated rings. The van der Waals surface area contributed by atoms with Gasteiger partial charge in [0.25, 0.3) is 5.91 Å². The Morgan fingerprint density at radius 3 is 2.37 bits per heavy atom. The Hall–Kier alpha value is -2.86. The lowest BCUT2D eigenvalue weighted by Gasteiger charge is -2.36. The molecule has 0 aromatic heterocycles. The van der Waals surface area contributed by atoms with E-state index in [0.29, 0.717) is 50.9 Å². The number of amides is 3. The van der Waals surface area contributed by atoms with E-state index in [1.54, 1.807) is 16.7 Å². The lowest BCUT2D eigenvalue weighted by atomic mass is 10.0. The normalized spacial score (nSPS) is 19.8. The first-order valence-corrected chi connectivity index (χ1v) is 13.4. The molecule has 3 heterocycles. The first-order valence-electron chi connectivity index (χ1n) is 12.0. The number of carbonyl (C=O) groups excluding carboxylic acids is 3. The zero-order valence-electron chi connectivity index (χ0n) is 20.1. The van der Waals surface area contributed by atoms with Crippen molar-refractivity contribution in [3.63, 3.8) is 0 Å². The summed E-state index contributed by atoms with van der Waals surface area (Å²) in [5.41, 5.74) is 0.270. The number of ether oxygens (including phenoxy) is 2. The SMILES string of the molecule is CCOC(=O)N1CCN(C(=O)CN2C(=O)COc3ccc(S(=O)(=O)N4CCC(C)CC4)cc32)CC1. The molecule has 3 aliphatic heterocycles. The molecule has 0 radical (unpaired) electrons. The number of fused-ring (bicyclic) bond motifs is 1. The highest BCUT2D eigenvalue weighted by molar-refractivity contribution is 7.89. The molecule has 0 spiro atoms. The van der Waals surface area contributed by atoms with E-state index in [9.17, 15) is 22.8 Å². The van der Waals surface area contributed by atoms with Crippen molar-refractivity contribution < 1.29 is 32.3 Å². The van der Waals surface area contributed by atoms with Crippen LogP contribution in [-0.2, 0) is 24.3 Å². The fourth-order valence-electron chi connectivity index (χ4n) is 4.48. The maximum absolute atomic E-state index is 13.2. The van der Waals surface area contributed by atoms with Gasteiger partial charge in [0.05, 0.1) is 17.2 Å². The van der Waals surface area contributed by atoms with Crippen molar-refractivity contribution in [1.82, 2.24) is 14.1 Å². The highest BCUT2D eigenvalue weighted by Gasteiger charge is 2.34.